The van der Waals surface area contributed by atoms with Crippen LogP contribution in [0.25, 0.3) is 11.8 Å². The number of fused-ring (bicyclic) bond motifs is 1. The highest BCUT2D eigenvalue weighted by molar-refractivity contribution is 7.07. The van der Waals surface area contributed by atoms with Crippen molar-refractivity contribution in [1.29, 1.82) is 5.26 Å². The highest BCUT2D eigenvalue weighted by Gasteiger charge is 2.35. The number of methoxy groups -OCH3 is 1. The first-order valence-corrected chi connectivity index (χ1v) is 16.0. The van der Waals surface area contributed by atoms with Crippen LogP contribution in [0.15, 0.2) is 106 Å². The van der Waals surface area contributed by atoms with Crippen molar-refractivity contribution in [3.05, 3.63) is 155 Å². The molecule has 2 heterocycles. The summed E-state index contributed by atoms with van der Waals surface area (Å²) in [5.74, 6) is -0.400. The van der Waals surface area contributed by atoms with Crippen molar-refractivity contribution in [2.45, 2.75) is 19.6 Å². The summed E-state index contributed by atoms with van der Waals surface area (Å²) in [6.07, 6.45) is 1.67. The van der Waals surface area contributed by atoms with Crippen molar-refractivity contribution < 1.29 is 23.4 Å². The molecule has 4 aromatic carbocycles. The Morgan fingerprint density at radius 2 is 1.81 bits per heavy atom. The van der Waals surface area contributed by atoms with Gasteiger partial charge < -0.3 is 14.2 Å². The van der Waals surface area contributed by atoms with Gasteiger partial charge in [-0.25, -0.2) is 14.2 Å². The third-order valence-electron chi connectivity index (χ3n) is 7.58. The normalized spacial score (nSPS) is 14.1. The summed E-state index contributed by atoms with van der Waals surface area (Å²) >= 11 is 7.81. The smallest absolute Gasteiger partial charge is 0.338 e. The Kier molecular flexibility index (Phi) is 9.52. The summed E-state index contributed by atoms with van der Waals surface area (Å²) in [6, 6.07) is 26.3. The fourth-order valence-electron chi connectivity index (χ4n) is 5.35. The Morgan fingerprint density at radius 3 is 2.48 bits per heavy atom. The van der Waals surface area contributed by atoms with Crippen molar-refractivity contribution in [2.24, 2.45) is 4.99 Å². The molecule has 5 aromatic rings. The quantitative estimate of drug-likeness (QED) is 0.172. The lowest BCUT2D eigenvalue weighted by Crippen LogP contribution is -2.40. The number of aromatic nitrogens is 1. The molecule has 0 fully saturated rings. The summed E-state index contributed by atoms with van der Waals surface area (Å²) in [4.78, 5) is 32.9. The van der Waals surface area contributed by atoms with Gasteiger partial charge in [0, 0.05) is 5.56 Å². The van der Waals surface area contributed by atoms with Crippen LogP contribution in [0.1, 0.15) is 40.8 Å². The first kappa shape index (κ1) is 32.4. The molecular weight excluding hydrogens is 653 g/mol. The Morgan fingerprint density at radius 1 is 1.08 bits per heavy atom. The monoisotopic (exact) mass is 679 g/mol. The lowest BCUT2D eigenvalue weighted by molar-refractivity contribution is -0.138. The second-order valence-corrected chi connectivity index (χ2v) is 12.0. The van der Waals surface area contributed by atoms with E-state index in [1.54, 1.807) is 61.5 Å². The van der Waals surface area contributed by atoms with Gasteiger partial charge in [-0.2, -0.15) is 5.26 Å². The molecule has 0 spiro atoms. The maximum atomic E-state index is 14.2. The van der Waals surface area contributed by atoms with E-state index in [0.29, 0.717) is 48.8 Å². The molecule has 0 bridgehead atoms. The molecule has 1 atom stereocenters. The third-order valence-corrected chi connectivity index (χ3v) is 8.84. The van der Waals surface area contributed by atoms with E-state index in [-0.39, 0.29) is 23.8 Å². The van der Waals surface area contributed by atoms with Crippen molar-refractivity contribution >= 4 is 40.7 Å². The van der Waals surface area contributed by atoms with Gasteiger partial charge in [-0.05, 0) is 66.1 Å². The molecule has 48 heavy (non-hydrogen) atoms. The molecule has 240 valence electrons. The summed E-state index contributed by atoms with van der Waals surface area (Å²) in [5.41, 5.74) is 3.26. The fraction of sp³-hybridized carbons (Fsp3) is 0.135. The fourth-order valence-corrected chi connectivity index (χ4v) is 6.62. The van der Waals surface area contributed by atoms with E-state index in [2.05, 4.69) is 6.07 Å². The van der Waals surface area contributed by atoms with Crippen LogP contribution in [0.3, 0.4) is 0 Å². The average molecular weight is 680 g/mol. The molecule has 0 radical (unpaired) electrons. The standard InChI is InChI=1S/C37H27ClFN3O5S/c1-3-46-36(44)31-32(25-7-5-4-6-8-25)41-37-42(33(31)26-13-15-27(39)16-14-26)35(43)30(48-37)19-24-17-28(38)34(29(18-24)45-2)47-21-23-11-9-22(20-40)10-12-23/h4-19,33H,3,21H2,1-2H3/b30-19-/t33-/m1/s1. The Balaban J connectivity index is 1.47. The second kappa shape index (κ2) is 14.1. The van der Waals surface area contributed by atoms with Crippen LogP contribution >= 0.6 is 22.9 Å². The number of halogens is 2. The molecule has 6 rings (SSSR count). The zero-order valence-corrected chi connectivity index (χ0v) is 27.3. The molecule has 0 saturated carbocycles. The first-order valence-electron chi connectivity index (χ1n) is 14.8. The van der Waals surface area contributed by atoms with Gasteiger partial charge in [0.05, 0.1) is 52.2 Å². The minimum atomic E-state index is -0.936. The molecular formula is C37H27ClFN3O5S. The van der Waals surface area contributed by atoms with Crippen molar-refractivity contribution in [3.8, 4) is 17.6 Å². The predicted octanol–water partition coefficient (Wildman–Crippen LogP) is 6.19. The predicted molar refractivity (Wildman–Crippen MR) is 181 cm³/mol. The number of rotatable bonds is 9. The molecule has 8 nitrogen and oxygen atoms in total. The number of thiazole rings is 1. The largest absolute Gasteiger partial charge is 0.493 e. The SMILES string of the molecule is CCOC(=O)C1=C(c2ccccc2)N=c2s/c(=C\c3cc(Cl)c(OCc4ccc(C#N)cc4)c(OC)c3)c(=O)n2[C@@H]1c1ccc(F)cc1. The van der Waals surface area contributed by atoms with E-state index in [0.717, 1.165) is 16.9 Å². The van der Waals surface area contributed by atoms with Crippen LogP contribution < -0.4 is 24.4 Å². The van der Waals surface area contributed by atoms with Gasteiger partial charge in [0.25, 0.3) is 5.56 Å². The number of benzene rings is 4. The summed E-state index contributed by atoms with van der Waals surface area (Å²) < 4.78 is 32.9. The van der Waals surface area contributed by atoms with Crippen LogP contribution in [0, 0.1) is 17.1 Å². The molecule has 1 aliphatic rings. The van der Waals surface area contributed by atoms with Crippen LogP contribution in [-0.2, 0) is 16.1 Å². The minimum Gasteiger partial charge on any atom is -0.493 e. The van der Waals surface area contributed by atoms with Gasteiger partial charge in [0.1, 0.15) is 12.4 Å². The van der Waals surface area contributed by atoms with Gasteiger partial charge in [-0.1, -0.05) is 77.5 Å². The summed E-state index contributed by atoms with van der Waals surface area (Å²) in [5, 5.41) is 9.31. The average Bonchev–Trinajstić information content (AvgIpc) is 3.41. The molecule has 0 unspecified atom stereocenters. The molecule has 1 aliphatic heterocycles. The van der Waals surface area contributed by atoms with Crippen molar-refractivity contribution in [2.75, 3.05) is 13.7 Å². The number of carbonyl (C=O) groups excluding carboxylic acids is 1. The molecule has 11 heteroatoms. The van der Waals surface area contributed by atoms with Gasteiger partial charge in [0.15, 0.2) is 16.3 Å². The summed E-state index contributed by atoms with van der Waals surface area (Å²) in [6.45, 7) is 2.00. The number of nitriles is 1. The molecule has 0 aliphatic carbocycles. The second-order valence-electron chi connectivity index (χ2n) is 10.6. The van der Waals surface area contributed by atoms with Crippen LogP contribution in [0.5, 0.6) is 11.5 Å². The van der Waals surface area contributed by atoms with E-state index < -0.39 is 23.4 Å². The number of hydrogen-bond donors (Lipinski definition) is 0. The topological polar surface area (TPSA) is 103 Å². The van der Waals surface area contributed by atoms with E-state index in [9.17, 15) is 14.0 Å². The van der Waals surface area contributed by atoms with Crippen molar-refractivity contribution in [3.63, 3.8) is 0 Å². The Labute approximate surface area is 283 Å². The number of ether oxygens (including phenoxy) is 3. The third kappa shape index (κ3) is 6.51. The van der Waals surface area contributed by atoms with E-state index >= 15 is 0 Å². The summed E-state index contributed by atoms with van der Waals surface area (Å²) in [7, 11) is 1.49. The number of carbonyl (C=O) groups is 1. The number of nitrogens with zero attached hydrogens (tertiary/aromatic N) is 3. The lowest BCUT2D eigenvalue weighted by Gasteiger charge is -2.25. The highest BCUT2D eigenvalue weighted by atomic mass is 35.5. The van der Waals surface area contributed by atoms with E-state index in [4.69, 9.17) is 36.1 Å². The minimum absolute atomic E-state index is 0.112. The van der Waals surface area contributed by atoms with E-state index in [1.807, 2.05) is 30.3 Å². The zero-order valence-electron chi connectivity index (χ0n) is 25.8. The van der Waals surface area contributed by atoms with Crippen LogP contribution in [0.2, 0.25) is 5.02 Å². The lowest BCUT2D eigenvalue weighted by atomic mass is 9.93. The number of hydrogen-bond acceptors (Lipinski definition) is 8. The maximum Gasteiger partial charge on any atom is 0.338 e. The first-order chi connectivity index (χ1) is 23.3. The Bertz CT molecular complexity index is 2260. The molecule has 0 N–H and O–H groups in total. The number of esters is 1. The molecule has 1 aromatic heterocycles. The molecule has 0 saturated heterocycles. The van der Waals surface area contributed by atoms with Gasteiger partial charge in [-0.3, -0.25) is 9.36 Å². The zero-order chi connectivity index (χ0) is 33.8. The Hall–Kier alpha value is -5.50. The van der Waals surface area contributed by atoms with Gasteiger partial charge in [0.2, 0.25) is 0 Å². The van der Waals surface area contributed by atoms with E-state index in [1.165, 1.54) is 23.8 Å². The molecule has 0 amide bonds. The van der Waals surface area contributed by atoms with Gasteiger partial charge in [-0.15, -0.1) is 0 Å². The highest BCUT2D eigenvalue weighted by Crippen LogP contribution is 2.38. The maximum absolute atomic E-state index is 14.2. The van der Waals surface area contributed by atoms with Crippen molar-refractivity contribution in [1.82, 2.24) is 4.57 Å². The van der Waals surface area contributed by atoms with Crippen LogP contribution in [-0.4, -0.2) is 24.3 Å². The van der Waals surface area contributed by atoms with Gasteiger partial charge >= 0.3 is 5.97 Å². The van der Waals surface area contributed by atoms with Crippen LogP contribution in [0.4, 0.5) is 4.39 Å².